The summed E-state index contributed by atoms with van der Waals surface area (Å²) >= 11 is 6.90. The molecule has 1 N–H and O–H groups in total. The largest absolute Gasteiger partial charge is 0.407 e. The number of piperidine rings is 1. The molecule has 0 atom stereocenters. The van der Waals surface area contributed by atoms with E-state index in [1.54, 1.807) is 6.07 Å². The van der Waals surface area contributed by atoms with Crippen LogP contribution in [0.4, 0.5) is 6.01 Å². The molecule has 8 nitrogen and oxygen atoms in total. The number of carbonyl (C=O) groups excluding carboxylic acids is 1. The Bertz CT molecular complexity index is 1180. The molecular formula is C21H23ClN4O4S2. The van der Waals surface area contributed by atoms with E-state index < -0.39 is 10.0 Å². The van der Waals surface area contributed by atoms with Gasteiger partial charge >= 0.3 is 6.01 Å². The number of nitrogens with zero attached hydrogens (tertiary/aromatic N) is 3. The second kappa shape index (κ2) is 9.70. The number of anilines is 1. The molecule has 3 aromatic rings. The predicted octanol–water partition coefficient (Wildman–Crippen LogP) is 3.98. The zero-order valence-electron chi connectivity index (χ0n) is 17.5. The topological polar surface area (TPSA) is 105 Å². The zero-order valence-corrected chi connectivity index (χ0v) is 19.8. The molecule has 0 bridgehead atoms. The maximum absolute atomic E-state index is 12.7. The van der Waals surface area contributed by atoms with Crippen molar-refractivity contribution in [1.29, 1.82) is 0 Å². The van der Waals surface area contributed by atoms with Gasteiger partial charge in [-0.05, 0) is 42.5 Å². The van der Waals surface area contributed by atoms with Crippen LogP contribution in [0.2, 0.25) is 4.34 Å². The van der Waals surface area contributed by atoms with Crippen LogP contribution >= 0.6 is 22.9 Å². The van der Waals surface area contributed by atoms with E-state index in [1.807, 2.05) is 12.1 Å². The summed E-state index contributed by atoms with van der Waals surface area (Å²) in [6, 6.07) is 11.3. The Morgan fingerprint density at radius 2 is 1.84 bits per heavy atom. The molecule has 0 radical (unpaired) electrons. The van der Waals surface area contributed by atoms with E-state index in [-0.39, 0.29) is 35.1 Å². The number of aryl methyl sites for hydroxylation is 1. The molecule has 2 aromatic heterocycles. The monoisotopic (exact) mass is 494 g/mol. The molecule has 1 aliphatic heterocycles. The van der Waals surface area contributed by atoms with Gasteiger partial charge in [-0.1, -0.05) is 47.9 Å². The molecule has 0 unspecified atom stereocenters. The number of benzene rings is 1. The van der Waals surface area contributed by atoms with Crippen LogP contribution in [0.25, 0.3) is 0 Å². The zero-order chi connectivity index (χ0) is 22.7. The Morgan fingerprint density at radius 1 is 1.16 bits per heavy atom. The van der Waals surface area contributed by atoms with Crippen molar-refractivity contribution in [1.82, 2.24) is 14.5 Å². The van der Waals surface area contributed by atoms with Gasteiger partial charge in [0.05, 0.1) is 10.8 Å². The third kappa shape index (κ3) is 5.20. The Kier molecular flexibility index (Phi) is 6.94. The number of thiophene rings is 1. The quantitative estimate of drug-likeness (QED) is 0.532. The molecule has 3 heterocycles. The van der Waals surface area contributed by atoms with Crippen LogP contribution in [0.5, 0.6) is 0 Å². The Labute approximate surface area is 195 Å². The van der Waals surface area contributed by atoms with E-state index in [0.29, 0.717) is 29.5 Å². The van der Waals surface area contributed by atoms with E-state index in [9.17, 15) is 13.2 Å². The normalized spacial score (nSPS) is 15.7. The lowest BCUT2D eigenvalue weighted by Gasteiger charge is -2.29. The summed E-state index contributed by atoms with van der Waals surface area (Å²) in [4.78, 5) is 12.6. The van der Waals surface area contributed by atoms with Gasteiger partial charge < -0.3 is 4.42 Å². The van der Waals surface area contributed by atoms with Gasteiger partial charge in [0, 0.05) is 19.0 Å². The predicted molar refractivity (Wildman–Crippen MR) is 122 cm³/mol. The summed E-state index contributed by atoms with van der Waals surface area (Å²) in [6.07, 6.45) is 2.28. The highest BCUT2D eigenvalue weighted by atomic mass is 35.5. The number of nitrogens with one attached hydrogen (secondary N) is 1. The fourth-order valence-electron chi connectivity index (χ4n) is 3.57. The van der Waals surface area contributed by atoms with Crippen molar-refractivity contribution in [3.05, 3.63) is 57.8 Å². The molecule has 32 heavy (non-hydrogen) atoms. The summed E-state index contributed by atoms with van der Waals surface area (Å²) in [6.45, 7) is 2.63. The van der Waals surface area contributed by atoms with Crippen molar-refractivity contribution in [2.45, 2.75) is 36.8 Å². The Morgan fingerprint density at radius 3 is 2.47 bits per heavy atom. The van der Waals surface area contributed by atoms with Crippen LogP contribution in [-0.2, 0) is 27.7 Å². The van der Waals surface area contributed by atoms with Gasteiger partial charge in [0.15, 0.2) is 0 Å². The maximum atomic E-state index is 12.7. The number of rotatable bonds is 7. The van der Waals surface area contributed by atoms with Crippen LogP contribution in [0.3, 0.4) is 0 Å². The lowest BCUT2D eigenvalue weighted by molar-refractivity contribution is -0.121. The molecule has 1 saturated heterocycles. The number of amides is 1. The average Bonchev–Trinajstić information content (AvgIpc) is 3.43. The summed E-state index contributed by atoms with van der Waals surface area (Å²) < 4.78 is 33.0. The third-order valence-electron chi connectivity index (χ3n) is 5.45. The number of halogens is 1. The summed E-state index contributed by atoms with van der Waals surface area (Å²) in [5.41, 5.74) is 2.30. The minimum atomic E-state index is -3.59. The van der Waals surface area contributed by atoms with E-state index in [4.69, 9.17) is 16.0 Å². The number of sulfonamides is 1. The number of hydrogen-bond donors (Lipinski definition) is 1. The van der Waals surface area contributed by atoms with Gasteiger partial charge in [0.25, 0.3) is 10.0 Å². The first kappa shape index (κ1) is 22.9. The van der Waals surface area contributed by atoms with Gasteiger partial charge in [0.2, 0.25) is 11.8 Å². The lowest BCUT2D eigenvalue weighted by atomic mass is 9.97. The number of carbonyl (C=O) groups is 1. The smallest absolute Gasteiger partial charge is 0.322 e. The highest BCUT2D eigenvalue weighted by Gasteiger charge is 2.33. The fraction of sp³-hybridized carbons (Fsp3) is 0.381. The molecule has 11 heteroatoms. The summed E-state index contributed by atoms with van der Waals surface area (Å²) in [7, 11) is -3.59. The third-order valence-corrected chi connectivity index (χ3v) is 9.05. The first-order valence-corrected chi connectivity index (χ1v) is 12.9. The molecule has 170 valence electrons. The number of hydrogen-bond acceptors (Lipinski definition) is 7. The second-order valence-electron chi connectivity index (χ2n) is 7.57. The molecule has 1 fully saturated rings. The van der Waals surface area contributed by atoms with Gasteiger partial charge in [-0.15, -0.1) is 16.4 Å². The van der Waals surface area contributed by atoms with Crippen LogP contribution in [0.1, 0.15) is 36.8 Å². The van der Waals surface area contributed by atoms with Crippen LogP contribution in [-0.4, -0.2) is 41.9 Å². The van der Waals surface area contributed by atoms with E-state index in [1.165, 1.54) is 15.9 Å². The second-order valence-corrected chi connectivity index (χ2v) is 11.5. The van der Waals surface area contributed by atoms with Gasteiger partial charge in [-0.3, -0.25) is 10.1 Å². The summed E-state index contributed by atoms with van der Waals surface area (Å²) in [5, 5.41) is 10.6. The van der Waals surface area contributed by atoms with Crippen molar-refractivity contribution in [2.75, 3.05) is 18.4 Å². The molecule has 1 aromatic carbocycles. The lowest BCUT2D eigenvalue weighted by Crippen LogP contribution is -2.41. The van der Waals surface area contributed by atoms with Gasteiger partial charge in [0.1, 0.15) is 4.21 Å². The minimum Gasteiger partial charge on any atom is -0.407 e. The highest BCUT2D eigenvalue weighted by molar-refractivity contribution is 7.91. The van der Waals surface area contributed by atoms with Crippen molar-refractivity contribution in [3.8, 4) is 0 Å². The average molecular weight is 495 g/mol. The van der Waals surface area contributed by atoms with Crippen molar-refractivity contribution in [3.63, 3.8) is 0 Å². The first-order chi connectivity index (χ1) is 15.3. The standard InChI is InChI=1S/C21H23ClN4O4S2/c1-2-14-3-5-15(6-4-14)13-18-24-25-21(30-18)23-20(27)16-9-11-26(12-10-16)32(28,29)19-8-7-17(22)31-19/h3-8,16H,2,9-13H2,1H3,(H,23,25,27). The van der Waals surface area contributed by atoms with Gasteiger partial charge in [-0.25, -0.2) is 8.42 Å². The van der Waals surface area contributed by atoms with E-state index in [2.05, 4.69) is 34.6 Å². The van der Waals surface area contributed by atoms with Crippen molar-refractivity contribution >= 4 is 44.9 Å². The minimum absolute atomic E-state index is 0.0541. The number of aromatic nitrogens is 2. The van der Waals surface area contributed by atoms with Crippen molar-refractivity contribution < 1.29 is 17.6 Å². The fourth-order valence-corrected chi connectivity index (χ4v) is 6.68. The van der Waals surface area contributed by atoms with Crippen LogP contribution in [0.15, 0.2) is 45.0 Å². The Hall–Kier alpha value is -2.27. The molecular weight excluding hydrogens is 472 g/mol. The van der Waals surface area contributed by atoms with Gasteiger partial charge in [-0.2, -0.15) is 4.31 Å². The summed E-state index contributed by atoms with van der Waals surface area (Å²) in [5.74, 6) is -0.158. The molecule has 1 amide bonds. The van der Waals surface area contributed by atoms with Crippen LogP contribution < -0.4 is 5.32 Å². The molecule has 0 spiro atoms. The maximum Gasteiger partial charge on any atom is 0.322 e. The first-order valence-electron chi connectivity index (χ1n) is 10.3. The SMILES string of the molecule is CCc1ccc(Cc2nnc(NC(=O)C3CCN(S(=O)(=O)c4ccc(Cl)s4)CC3)o2)cc1. The molecule has 1 aliphatic rings. The van der Waals surface area contributed by atoms with E-state index in [0.717, 1.165) is 23.3 Å². The molecule has 0 saturated carbocycles. The van der Waals surface area contributed by atoms with Crippen molar-refractivity contribution in [2.24, 2.45) is 5.92 Å². The van der Waals surface area contributed by atoms with E-state index >= 15 is 0 Å². The molecule has 4 rings (SSSR count). The van der Waals surface area contributed by atoms with Crippen LogP contribution in [0, 0.1) is 5.92 Å². The highest BCUT2D eigenvalue weighted by Crippen LogP contribution is 2.30. The molecule has 0 aliphatic carbocycles. The Balaban J connectivity index is 1.30.